The van der Waals surface area contributed by atoms with Crippen molar-refractivity contribution in [1.82, 2.24) is 25.1 Å². The van der Waals surface area contributed by atoms with Crippen LogP contribution in [0.4, 0.5) is 11.5 Å². The topological polar surface area (TPSA) is 90.0 Å². The van der Waals surface area contributed by atoms with Gasteiger partial charge in [-0.05, 0) is 37.5 Å². The van der Waals surface area contributed by atoms with Gasteiger partial charge in [-0.3, -0.25) is 9.89 Å². The monoisotopic (exact) mass is 447 g/mol. The van der Waals surface area contributed by atoms with Crippen LogP contribution in [0.2, 0.25) is 10.0 Å². The Morgan fingerprint density at radius 1 is 1.27 bits per heavy atom. The molecule has 0 spiro atoms. The zero-order chi connectivity index (χ0) is 21.1. The molecule has 0 bridgehead atoms. The molecule has 3 heterocycles. The van der Waals surface area contributed by atoms with Crippen LogP contribution in [0, 0.1) is 0 Å². The molecule has 2 N–H and O–H groups in total. The fourth-order valence-electron chi connectivity index (χ4n) is 3.81. The van der Waals surface area contributed by atoms with E-state index in [0.29, 0.717) is 22.2 Å². The van der Waals surface area contributed by atoms with Gasteiger partial charge in [0.1, 0.15) is 12.1 Å². The molecular formula is C20H23Cl2N7O. The number of likely N-dealkylation sites (tertiary alicyclic amines) is 1. The van der Waals surface area contributed by atoms with Gasteiger partial charge in [-0.1, -0.05) is 23.2 Å². The molecule has 3 aromatic rings. The Labute approximate surface area is 184 Å². The third kappa shape index (κ3) is 4.60. The summed E-state index contributed by atoms with van der Waals surface area (Å²) in [6.07, 6.45) is 6.29. The van der Waals surface area contributed by atoms with Crippen molar-refractivity contribution in [2.75, 3.05) is 36.9 Å². The first-order valence-electron chi connectivity index (χ1n) is 9.86. The zero-order valence-corrected chi connectivity index (χ0v) is 18.1. The normalized spacial score (nSPS) is 17.0. The number of anilines is 2. The molecule has 0 saturated carbocycles. The summed E-state index contributed by atoms with van der Waals surface area (Å²) in [5.41, 5.74) is 1.44. The average molecular weight is 448 g/mol. The highest BCUT2D eigenvalue weighted by molar-refractivity contribution is 6.35. The van der Waals surface area contributed by atoms with Crippen LogP contribution in [0.3, 0.4) is 0 Å². The van der Waals surface area contributed by atoms with Crippen LogP contribution >= 0.6 is 23.2 Å². The van der Waals surface area contributed by atoms with Crippen LogP contribution in [0.15, 0.2) is 30.7 Å². The summed E-state index contributed by atoms with van der Waals surface area (Å²) >= 11 is 12.1. The van der Waals surface area contributed by atoms with Crippen LogP contribution in [0.1, 0.15) is 19.3 Å². The second-order valence-electron chi connectivity index (χ2n) is 7.44. The van der Waals surface area contributed by atoms with Crippen LogP contribution in [-0.4, -0.2) is 63.7 Å². The summed E-state index contributed by atoms with van der Waals surface area (Å²) in [5.74, 6) is 0.863. The lowest BCUT2D eigenvalue weighted by molar-refractivity contribution is -0.129. The number of H-pyrrole nitrogens is 1. The van der Waals surface area contributed by atoms with E-state index in [9.17, 15) is 4.79 Å². The lowest BCUT2D eigenvalue weighted by Gasteiger charge is -2.32. The number of aromatic amines is 1. The van der Waals surface area contributed by atoms with Crippen molar-refractivity contribution in [1.29, 1.82) is 0 Å². The smallest absolute Gasteiger partial charge is 0.241 e. The number of aromatic nitrogens is 4. The summed E-state index contributed by atoms with van der Waals surface area (Å²) in [5, 5.41) is 12.0. The van der Waals surface area contributed by atoms with Crippen molar-refractivity contribution in [3.8, 4) is 0 Å². The maximum atomic E-state index is 12.9. The van der Waals surface area contributed by atoms with Crippen LogP contribution in [0.5, 0.6) is 0 Å². The molecule has 1 unspecified atom stereocenters. The number of carbonyl (C=O) groups excluding carboxylic acids is 1. The molecule has 8 nitrogen and oxygen atoms in total. The van der Waals surface area contributed by atoms with Gasteiger partial charge in [-0.15, -0.1) is 0 Å². The Balaban J connectivity index is 1.44. The van der Waals surface area contributed by atoms with Crippen molar-refractivity contribution in [3.05, 3.63) is 40.8 Å². The largest absolute Gasteiger partial charge is 0.376 e. The summed E-state index contributed by atoms with van der Waals surface area (Å²) in [7, 11) is 2.01. The third-order valence-electron chi connectivity index (χ3n) is 5.41. The van der Waals surface area contributed by atoms with E-state index in [-0.39, 0.29) is 18.5 Å². The molecule has 4 rings (SSSR count). The van der Waals surface area contributed by atoms with E-state index in [2.05, 4.69) is 30.4 Å². The molecule has 0 radical (unpaired) electrons. The molecule has 1 aromatic carbocycles. The number of nitrogens with one attached hydrogen (secondary N) is 2. The molecule has 1 atom stereocenters. The van der Waals surface area contributed by atoms with Crippen molar-refractivity contribution >= 4 is 51.6 Å². The number of nitrogens with zero attached hydrogens (tertiary/aromatic N) is 5. The van der Waals surface area contributed by atoms with Crippen LogP contribution in [0.25, 0.3) is 11.0 Å². The fourth-order valence-corrected chi connectivity index (χ4v) is 4.34. The van der Waals surface area contributed by atoms with Crippen molar-refractivity contribution in [2.24, 2.45) is 0 Å². The molecule has 1 aliphatic heterocycles. The Bertz CT molecular complexity index is 1020. The Kier molecular flexibility index (Phi) is 6.24. The van der Waals surface area contributed by atoms with Gasteiger partial charge in [0, 0.05) is 41.9 Å². The van der Waals surface area contributed by atoms with Gasteiger partial charge < -0.3 is 15.1 Å². The van der Waals surface area contributed by atoms with Crippen molar-refractivity contribution in [2.45, 2.75) is 25.3 Å². The summed E-state index contributed by atoms with van der Waals surface area (Å²) in [6, 6.07) is 5.33. The maximum Gasteiger partial charge on any atom is 0.241 e. The first-order valence-corrected chi connectivity index (χ1v) is 10.6. The number of halogens is 2. The lowest BCUT2D eigenvalue weighted by Crippen LogP contribution is -2.45. The second kappa shape index (κ2) is 9.06. The predicted octanol–water partition coefficient (Wildman–Crippen LogP) is 3.59. The van der Waals surface area contributed by atoms with Gasteiger partial charge in [0.2, 0.25) is 5.91 Å². The minimum absolute atomic E-state index is 0.0440. The molecular weight excluding hydrogens is 425 g/mol. The second-order valence-corrected chi connectivity index (χ2v) is 8.31. The van der Waals surface area contributed by atoms with Gasteiger partial charge in [-0.2, -0.15) is 5.10 Å². The fraction of sp³-hybridized carbons (Fsp3) is 0.400. The molecule has 1 fully saturated rings. The SMILES string of the molecule is CN(c1ncnc2[nH]ncc12)C1CCCCN(C(=O)CNc2cc(Cl)cc(Cl)c2)C1. The number of likely N-dealkylation sites (N-methyl/N-ethyl adjacent to an activating group) is 1. The highest BCUT2D eigenvalue weighted by Crippen LogP contribution is 2.25. The van der Waals surface area contributed by atoms with E-state index >= 15 is 0 Å². The Morgan fingerprint density at radius 2 is 2.07 bits per heavy atom. The standard InChI is InChI=1S/C20H23Cl2N7O/c1-28(20-17-9-26-27-19(17)24-12-25-20)16-4-2-3-5-29(11-16)18(30)10-23-15-7-13(21)6-14(22)8-15/h6-9,12,16,23H,2-5,10-11H2,1H3,(H,24,25,26,27). The number of amides is 1. The van der Waals surface area contributed by atoms with Gasteiger partial charge in [-0.25, -0.2) is 9.97 Å². The number of benzene rings is 1. The van der Waals surface area contributed by atoms with E-state index in [1.54, 1.807) is 24.4 Å². The molecule has 30 heavy (non-hydrogen) atoms. The molecule has 158 valence electrons. The number of fused-ring (bicyclic) bond motifs is 1. The number of hydrogen-bond acceptors (Lipinski definition) is 6. The van der Waals surface area contributed by atoms with Gasteiger partial charge >= 0.3 is 0 Å². The number of hydrogen-bond donors (Lipinski definition) is 2. The van der Waals surface area contributed by atoms with Crippen LogP contribution < -0.4 is 10.2 Å². The molecule has 2 aromatic heterocycles. The molecule has 0 aliphatic carbocycles. The van der Waals surface area contributed by atoms with E-state index in [1.807, 2.05) is 11.9 Å². The van der Waals surface area contributed by atoms with Crippen LogP contribution in [-0.2, 0) is 4.79 Å². The minimum Gasteiger partial charge on any atom is -0.376 e. The molecule has 10 heteroatoms. The maximum absolute atomic E-state index is 12.9. The summed E-state index contributed by atoms with van der Waals surface area (Å²) in [4.78, 5) is 25.6. The van der Waals surface area contributed by atoms with Crippen molar-refractivity contribution < 1.29 is 4.79 Å². The van der Waals surface area contributed by atoms with E-state index in [4.69, 9.17) is 23.2 Å². The van der Waals surface area contributed by atoms with Gasteiger partial charge in [0.25, 0.3) is 0 Å². The number of rotatable bonds is 5. The first-order chi connectivity index (χ1) is 14.5. The first kappa shape index (κ1) is 20.7. The van der Waals surface area contributed by atoms with E-state index in [0.717, 1.165) is 42.7 Å². The average Bonchev–Trinajstić information content (AvgIpc) is 3.07. The van der Waals surface area contributed by atoms with Gasteiger partial charge in [0.05, 0.1) is 18.1 Å². The molecule has 1 saturated heterocycles. The number of carbonyl (C=O) groups is 1. The Hall–Kier alpha value is -2.58. The Morgan fingerprint density at radius 3 is 2.87 bits per heavy atom. The van der Waals surface area contributed by atoms with E-state index in [1.165, 1.54) is 6.33 Å². The molecule has 1 amide bonds. The summed E-state index contributed by atoms with van der Waals surface area (Å²) in [6.45, 7) is 1.56. The minimum atomic E-state index is 0.0440. The molecule has 1 aliphatic rings. The van der Waals surface area contributed by atoms with Crippen molar-refractivity contribution in [3.63, 3.8) is 0 Å². The summed E-state index contributed by atoms with van der Waals surface area (Å²) < 4.78 is 0. The van der Waals surface area contributed by atoms with Gasteiger partial charge in [0.15, 0.2) is 5.65 Å². The van der Waals surface area contributed by atoms with E-state index < -0.39 is 0 Å². The quantitative estimate of drug-likeness (QED) is 0.620. The predicted molar refractivity (Wildman–Crippen MR) is 119 cm³/mol. The lowest BCUT2D eigenvalue weighted by atomic mass is 10.1. The third-order valence-corrected chi connectivity index (χ3v) is 5.85. The highest BCUT2D eigenvalue weighted by atomic mass is 35.5. The highest BCUT2D eigenvalue weighted by Gasteiger charge is 2.26. The zero-order valence-electron chi connectivity index (χ0n) is 16.6.